The van der Waals surface area contributed by atoms with E-state index in [0.717, 1.165) is 11.4 Å². The first-order valence-corrected chi connectivity index (χ1v) is 6.23. The van der Waals surface area contributed by atoms with Crippen molar-refractivity contribution in [1.29, 1.82) is 0 Å². The SMILES string of the molecule is CCOC(=O)C1=C(C)N=C(C)NC1c1cccnc1. The van der Waals surface area contributed by atoms with Crippen molar-refractivity contribution in [1.82, 2.24) is 10.3 Å². The van der Waals surface area contributed by atoms with Crippen molar-refractivity contribution in [2.45, 2.75) is 26.8 Å². The summed E-state index contributed by atoms with van der Waals surface area (Å²) < 4.78 is 5.11. The summed E-state index contributed by atoms with van der Waals surface area (Å²) in [7, 11) is 0. The molecule has 0 aliphatic carbocycles. The summed E-state index contributed by atoms with van der Waals surface area (Å²) in [6.07, 6.45) is 3.44. The number of nitrogens with zero attached hydrogens (tertiary/aromatic N) is 2. The van der Waals surface area contributed by atoms with Crippen LogP contribution in [0.3, 0.4) is 0 Å². The van der Waals surface area contributed by atoms with E-state index in [0.29, 0.717) is 17.9 Å². The lowest BCUT2D eigenvalue weighted by Crippen LogP contribution is -2.34. The minimum Gasteiger partial charge on any atom is -0.463 e. The zero-order valence-corrected chi connectivity index (χ0v) is 11.3. The van der Waals surface area contributed by atoms with Crippen LogP contribution in [-0.4, -0.2) is 23.4 Å². The molecule has 0 fully saturated rings. The number of allylic oxidation sites excluding steroid dienone is 1. The van der Waals surface area contributed by atoms with E-state index in [1.54, 1.807) is 19.3 Å². The number of esters is 1. The first-order valence-electron chi connectivity index (χ1n) is 6.23. The number of amidine groups is 1. The Morgan fingerprint density at radius 3 is 2.89 bits per heavy atom. The van der Waals surface area contributed by atoms with Gasteiger partial charge >= 0.3 is 5.97 Å². The Kier molecular flexibility index (Phi) is 3.94. The van der Waals surface area contributed by atoms with Gasteiger partial charge in [0.25, 0.3) is 0 Å². The molecule has 1 aliphatic rings. The van der Waals surface area contributed by atoms with Gasteiger partial charge < -0.3 is 10.1 Å². The van der Waals surface area contributed by atoms with Gasteiger partial charge in [-0.2, -0.15) is 0 Å². The second-order valence-electron chi connectivity index (χ2n) is 4.28. The molecule has 1 atom stereocenters. The molecule has 0 amide bonds. The molecule has 0 radical (unpaired) electrons. The van der Waals surface area contributed by atoms with Gasteiger partial charge in [0.1, 0.15) is 0 Å². The molecule has 0 saturated heterocycles. The standard InChI is InChI=1S/C14H17N3O2/c1-4-19-14(18)12-9(2)16-10(3)17-13(12)11-6-5-7-15-8-11/h5-8,13H,4H2,1-3H3,(H,16,17). The number of aliphatic imine (C=N–C) groups is 1. The fourth-order valence-corrected chi connectivity index (χ4v) is 2.11. The highest BCUT2D eigenvalue weighted by molar-refractivity contribution is 5.95. The molecule has 1 aromatic heterocycles. The monoisotopic (exact) mass is 259 g/mol. The first kappa shape index (κ1) is 13.3. The number of pyridine rings is 1. The fourth-order valence-electron chi connectivity index (χ4n) is 2.11. The molecule has 5 nitrogen and oxygen atoms in total. The molecule has 5 heteroatoms. The number of aromatic nitrogens is 1. The highest BCUT2D eigenvalue weighted by Crippen LogP contribution is 2.28. The van der Waals surface area contributed by atoms with E-state index in [4.69, 9.17) is 4.74 Å². The van der Waals surface area contributed by atoms with Gasteiger partial charge in [-0.15, -0.1) is 0 Å². The van der Waals surface area contributed by atoms with Gasteiger partial charge in [0.05, 0.1) is 29.8 Å². The van der Waals surface area contributed by atoms with Crippen molar-refractivity contribution in [3.63, 3.8) is 0 Å². The molecular formula is C14H17N3O2. The van der Waals surface area contributed by atoms with Gasteiger partial charge in [-0.3, -0.25) is 4.98 Å². The van der Waals surface area contributed by atoms with Gasteiger partial charge in [-0.25, -0.2) is 9.79 Å². The third kappa shape index (κ3) is 2.81. The van der Waals surface area contributed by atoms with Crippen molar-refractivity contribution >= 4 is 11.8 Å². The molecule has 1 N–H and O–H groups in total. The third-order valence-corrected chi connectivity index (χ3v) is 2.88. The second kappa shape index (κ2) is 5.65. The minimum atomic E-state index is -0.336. The van der Waals surface area contributed by atoms with Gasteiger partial charge in [0, 0.05) is 12.4 Å². The molecule has 0 saturated carbocycles. The number of hydrogen-bond donors (Lipinski definition) is 1. The number of carbonyl (C=O) groups is 1. The molecule has 1 unspecified atom stereocenters. The molecule has 2 heterocycles. The molecule has 1 aromatic rings. The van der Waals surface area contributed by atoms with Gasteiger partial charge in [0.2, 0.25) is 0 Å². The van der Waals surface area contributed by atoms with Gasteiger partial charge in [0.15, 0.2) is 0 Å². The van der Waals surface area contributed by atoms with Crippen molar-refractivity contribution < 1.29 is 9.53 Å². The normalized spacial score (nSPS) is 18.7. The molecule has 100 valence electrons. The summed E-state index contributed by atoms with van der Waals surface area (Å²) in [5.74, 6) is 0.442. The van der Waals surface area contributed by atoms with Crippen molar-refractivity contribution in [3.8, 4) is 0 Å². The second-order valence-corrected chi connectivity index (χ2v) is 4.28. The van der Waals surface area contributed by atoms with E-state index in [9.17, 15) is 4.79 Å². The highest BCUT2D eigenvalue weighted by Gasteiger charge is 2.29. The lowest BCUT2D eigenvalue weighted by molar-refractivity contribution is -0.139. The zero-order chi connectivity index (χ0) is 13.8. The molecule has 0 bridgehead atoms. The summed E-state index contributed by atoms with van der Waals surface area (Å²) in [5.41, 5.74) is 2.14. The molecule has 1 aliphatic heterocycles. The average Bonchev–Trinajstić information content (AvgIpc) is 2.39. The van der Waals surface area contributed by atoms with E-state index in [2.05, 4.69) is 15.3 Å². The van der Waals surface area contributed by atoms with Crippen LogP contribution in [0.2, 0.25) is 0 Å². The Labute approximate surface area is 112 Å². The number of hydrogen-bond acceptors (Lipinski definition) is 5. The van der Waals surface area contributed by atoms with Crippen LogP contribution in [-0.2, 0) is 9.53 Å². The topological polar surface area (TPSA) is 63.6 Å². The van der Waals surface area contributed by atoms with Crippen LogP contribution < -0.4 is 5.32 Å². The van der Waals surface area contributed by atoms with Crippen LogP contribution in [0.5, 0.6) is 0 Å². The first-order chi connectivity index (χ1) is 9.13. The van der Waals surface area contributed by atoms with Crippen LogP contribution in [0, 0.1) is 0 Å². The maximum atomic E-state index is 12.1. The molecular weight excluding hydrogens is 242 g/mol. The predicted molar refractivity (Wildman–Crippen MR) is 72.6 cm³/mol. The Morgan fingerprint density at radius 2 is 2.26 bits per heavy atom. The summed E-state index contributed by atoms with van der Waals surface area (Å²) in [6.45, 7) is 5.82. The van der Waals surface area contributed by atoms with E-state index >= 15 is 0 Å². The van der Waals surface area contributed by atoms with Crippen LogP contribution in [0.1, 0.15) is 32.4 Å². The molecule has 19 heavy (non-hydrogen) atoms. The fraction of sp³-hybridized carbons (Fsp3) is 0.357. The lowest BCUT2D eigenvalue weighted by atomic mass is 9.97. The third-order valence-electron chi connectivity index (χ3n) is 2.88. The van der Waals surface area contributed by atoms with Gasteiger partial charge in [-0.05, 0) is 32.4 Å². The summed E-state index contributed by atoms with van der Waals surface area (Å²) in [6, 6.07) is 3.51. The Bertz CT molecular complexity index is 535. The Hall–Kier alpha value is -2.17. The van der Waals surface area contributed by atoms with Crippen molar-refractivity contribution in [2.24, 2.45) is 4.99 Å². The van der Waals surface area contributed by atoms with E-state index < -0.39 is 0 Å². The number of rotatable bonds is 3. The summed E-state index contributed by atoms with van der Waals surface area (Å²) in [4.78, 5) is 20.5. The van der Waals surface area contributed by atoms with Gasteiger partial charge in [-0.1, -0.05) is 6.07 Å². The van der Waals surface area contributed by atoms with E-state index in [-0.39, 0.29) is 12.0 Å². The molecule has 0 spiro atoms. The average molecular weight is 259 g/mol. The lowest BCUT2D eigenvalue weighted by Gasteiger charge is -2.26. The predicted octanol–water partition coefficient (Wildman–Crippen LogP) is 1.98. The Balaban J connectivity index is 2.42. The highest BCUT2D eigenvalue weighted by atomic mass is 16.5. The zero-order valence-electron chi connectivity index (χ0n) is 11.3. The largest absolute Gasteiger partial charge is 0.463 e. The Morgan fingerprint density at radius 1 is 1.47 bits per heavy atom. The minimum absolute atomic E-state index is 0.259. The quantitative estimate of drug-likeness (QED) is 0.843. The molecule has 2 rings (SSSR count). The maximum absolute atomic E-state index is 12.1. The van der Waals surface area contributed by atoms with Crippen LogP contribution in [0.25, 0.3) is 0 Å². The number of ether oxygens (including phenoxy) is 1. The summed E-state index contributed by atoms with van der Waals surface area (Å²) in [5, 5.41) is 3.20. The number of carbonyl (C=O) groups excluding carboxylic acids is 1. The summed E-state index contributed by atoms with van der Waals surface area (Å²) >= 11 is 0. The maximum Gasteiger partial charge on any atom is 0.338 e. The van der Waals surface area contributed by atoms with Crippen LogP contribution >= 0.6 is 0 Å². The van der Waals surface area contributed by atoms with Crippen LogP contribution in [0.15, 0.2) is 40.8 Å². The van der Waals surface area contributed by atoms with Crippen molar-refractivity contribution in [2.75, 3.05) is 6.61 Å². The smallest absolute Gasteiger partial charge is 0.338 e. The molecule has 0 aromatic carbocycles. The van der Waals surface area contributed by atoms with E-state index in [1.807, 2.05) is 26.0 Å². The van der Waals surface area contributed by atoms with E-state index in [1.165, 1.54) is 0 Å². The van der Waals surface area contributed by atoms with Crippen molar-refractivity contribution in [3.05, 3.63) is 41.4 Å². The number of nitrogens with one attached hydrogen (secondary N) is 1. The van der Waals surface area contributed by atoms with Crippen LogP contribution in [0.4, 0.5) is 0 Å².